The minimum atomic E-state index is -0.787. The maximum atomic E-state index is 13.1. The number of benzene rings is 1. The number of aryl methyl sites for hydroxylation is 2. The predicted molar refractivity (Wildman–Crippen MR) is 120 cm³/mol. The van der Waals surface area contributed by atoms with Gasteiger partial charge in [0.25, 0.3) is 11.7 Å². The molecule has 2 aliphatic heterocycles. The number of hydrogen-bond donors (Lipinski definition) is 1. The molecule has 0 aliphatic carbocycles. The van der Waals surface area contributed by atoms with Gasteiger partial charge in [0.2, 0.25) is 0 Å². The first-order valence-electron chi connectivity index (χ1n) is 11.0. The van der Waals surface area contributed by atoms with E-state index in [1.165, 1.54) is 4.90 Å². The van der Waals surface area contributed by atoms with Crippen molar-refractivity contribution in [2.24, 2.45) is 0 Å². The first kappa shape index (κ1) is 21.1. The van der Waals surface area contributed by atoms with Gasteiger partial charge in [-0.15, -0.1) is 0 Å². The first-order chi connectivity index (χ1) is 15.9. The monoisotopic (exact) mass is 447 g/mol. The van der Waals surface area contributed by atoms with E-state index in [2.05, 4.69) is 4.98 Å². The Balaban J connectivity index is 1.51. The summed E-state index contributed by atoms with van der Waals surface area (Å²) in [6, 6.07) is 8.08. The van der Waals surface area contributed by atoms with E-state index in [9.17, 15) is 14.7 Å². The number of amides is 1. The number of hydrogen-bond acceptors (Lipinski definition) is 6. The number of furan rings is 1. The van der Waals surface area contributed by atoms with Crippen molar-refractivity contribution in [3.8, 4) is 5.75 Å². The van der Waals surface area contributed by atoms with E-state index in [0.29, 0.717) is 36.6 Å². The van der Waals surface area contributed by atoms with E-state index in [-0.39, 0.29) is 17.4 Å². The summed E-state index contributed by atoms with van der Waals surface area (Å²) in [5.74, 6) is 0.342. The van der Waals surface area contributed by atoms with Crippen LogP contribution in [0.1, 0.15) is 42.0 Å². The van der Waals surface area contributed by atoms with Crippen LogP contribution in [-0.4, -0.2) is 43.9 Å². The van der Waals surface area contributed by atoms with Crippen molar-refractivity contribution in [3.63, 3.8) is 0 Å². The van der Waals surface area contributed by atoms with E-state index < -0.39 is 17.7 Å². The zero-order valence-electron chi connectivity index (χ0n) is 18.5. The summed E-state index contributed by atoms with van der Waals surface area (Å²) in [5.41, 5.74) is 1.49. The van der Waals surface area contributed by atoms with E-state index in [4.69, 9.17) is 9.15 Å². The second kappa shape index (κ2) is 8.27. The van der Waals surface area contributed by atoms with Gasteiger partial charge < -0.3 is 23.7 Å². The van der Waals surface area contributed by atoms with Gasteiger partial charge in [-0.05, 0) is 56.2 Å². The quantitative estimate of drug-likeness (QED) is 0.352. The summed E-state index contributed by atoms with van der Waals surface area (Å²) in [6.45, 7) is 4.76. The fraction of sp³-hybridized carbons (Fsp3) is 0.320. The van der Waals surface area contributed by atoms with E-state index in [1.807, 2.05) is 23.8 Å². The lowest BCUT2D eigenvalue weighted by Gasteiger charge is -2.23. The van der Waals surface area contributed by atoms with Crippen LogP contribution in [0.3, 0.4) is 0 Å². The Morgan fingerprint density at radius 1 is 1.21 bits per heavy atom. The van der Waals surface area contributed by atoms with Gasteiger partial charge >= 0.3 is 0 Å². The van der Waals surface area contributed by atoms with Crippen LogP contribution in [0.5, 0.6) is 5.75 Å². The van der Waals surface area contributed by atoms with Gasteiger partial charge in [-0.2, -0.15) is 0 Å². The van der Waals surface area contributed by atoms with Crippen molar-refractivity contribution >= 4 is 17.4 Å². The third kappa shape index (κ3) is 3.82. The second-order valence-electron chi connectivity index (χ2n) is 8.55. The molecular weight excluding hydrogens is 422 g/mol. The molecule has 0 bridgehead atoms. The Bertz CT molecular complexity index is 1240. The van der Waals surface area contributed by atoms with Crippen LogP contribution in [0, 0.1) is 6.92 Å². The maximum absolute atomic E-state index is 13.1. The van der Waals surface area contributed by atoms with Crippen LogP contribution in [0.15, 0.2) is 59.0 Å². The smallest absolute Gasteiger partial charge is 0.295 e. The van der Waals surface area contributed by atoms with E-state index in [0.717, 1.165) is 17.7 Å². The molecule has 4 heterocycles. The lowest BCUT2D eigenvalue weighted by molar-refractivity contribution is -0.140. The Kier molecular flexibility index (Phi) is 5.28. The third-order valence-corrected chi connectivity index (χ3v) is 6.11. The summed E-state index contributed by atoms with van der Waals surface area (Å²) < 4.78 is 13.5. The minimum absolute atomic E-state index is 0.0453. The molecule has 33 heavy (non-hydrogen) atoms. The highest BCUT2D eigenvalue weighted by Crippen LogP contribution is 2.41. The molecule has 1 fully saturated rings. The average molecular weight is 447 g/mol. The summed E-state index contributed by atoms with van der Waals surface area (Å²) in [7, 11) is 0. The summed E-state index contributed by atoms with van der Waals surface area (Å²) >= 11 is 0. The normalized spacial score (nSPS) is 21.5. The number of aliphatic hydroxyl groups is 1. The largest absolute Gasteiger partial charge is 0.507 e. The molecule has 2 aliphatic rings. The highest BCUT2D eigenvalue weighted by atomic mass is 16.5. The van der Waals surface area contributed by atoms with Gasteiger partial charge in [0, 0.05) is 37.5 Å². The molecule has 0 unspecified atom stereocenters. The van der Waals surface area contributed by atoms with Gasteiger partial charge in [-0.25, -0.2) is 4.98 Å². The summed E-state index contributed by atoms with van der Waals surface area (Å²) in [4.78, 5) is 31.6. The minimum Gasteiger partial charge on any atom is -0.507 e. The van der Waals surface area contributed by atoms with Crippen LogP contribution in [0.2, 0.25) is 0 Å². The number of nitrogens with zero attached hydrogens (tertiary/aromatic N) is 3. The van der Waals surface area contributed by atoms with Crippen molar-refractivity contribution in [1.82, 2.24) is 14.5 Å². The van der Waals surface area contributed by atoms with Crippen molar-refractivity contribution in [3.05, 3.63) is 77.3 Å². The number of carbonyl (C=O) groups is 2. The zero-order valence-corrected chi connectivity index (χ0v) is 18.5. The number of likely N-dealkylation sites (tertiary alicyclic amines) is 1. The van der Waals surface area contributed by atoms with Gasteiger partial charge in [0.15, 0.2) is 0 Å². The molecule has 1 N–H and O–H groups in total. The standard InChI is InChI=1S/C25H25N3O5/c1-15-4-6-20(32-15)22-21(23(29)17-5-7-19-18(13-17)12-16(2)33-19)24(30)25(31)28(22)10-3-9-27-11-8-26-14-27/h4-8,11,13-14,16,22,29H,3,9-10,12H2,1-2H3/b23-21+/t16-,22-/m0/s1. The second-order valence-corrected chi connectivity index (χ2v) is 8.55. The van der Waals surface area contributed by atoms with Crippen molar-refractivity contribution < 1.29 is 23.8 Å². The third-order valence-electron chi connectivity index (χ3n) is 6.11. The molecule has 1 saturated heterocycles. The number of aliphatic hydroxyl groups excluding tert-OH is 1. The van der Waals surface area contributed by atoms with Crippen LogP contribution < -0.4 is 4.74 Å². The SMILES string of the molecule is Cc1ccc([C@H]2/C(=C(\O)c3ccc4c(c3)C[C@H](C)O4)C(=O)C(=O)N2CCCn2ccnc2)o1. The zero-order chi connectivity index (χ0) is 23.1. The Morgan fingerprint density at radius 3 is 2.79 bits per heavy atom. The lowest BCUT2D eigenvalue weighted by Crippen LogP contribution is -2.31. The molecule has 8 nitrogen and oxygen atoms in total. The fourth-order valence-corrected chi connectivity index (χ4v) is 4.57. The average Bonchev–Trinajstić information content (AvgIpc) is 3.57. The Morgan fingerprint density at radius 2 is 2.06 bits per heavy atom. The lowest BCUT2D eigenvalue weighted by atomic mass is 9.97. The molecular formula is C25H25N3O5. The molecule has 2 aromatic heterocycles. The van der Waals surface area contributed by atoms with Gasteiger partial charge in [-0.3, -0.25) is 9.59 Å². The van der Waals surface area contributed by atoms with Crippen LogP contribution in [0.4, 0.5) is 0 Å². The number of carbonyl (C=O) groups excluding carboxylic acids is 2. The molecule has 8 heteroatoms. The molecule has 170 valence electrons. The number of aromatic nitrogens is 2. The maximum Gasteiger partial charge on any atom is 0.295 e. The molecule has 3 aromatic rings. The van der Waals surface area contributed by atoms with Crippen LogP contribution >= 0.6 is 0 Å². The number of ether oxygens (including phenoxy) is 1. The Labute approximate surface area is 191 Å². The van der Waals surface area contributed by atoms with Crippen LogP contribution in [-0.2, 0) is 22.6 Å². The fourth-order valence-electron chi connectivity index (χ4n) is 4.57. The number of Topliss-reactive ketones (excluding diaryl/α,β-unsaturated/α-hetero) is 1. The molecule has 2 atom stereocenters. The molecule has 0 radical (unpaired) electrons. The molecule has 0 spiro atoms. The van der Waals surface area contributed by atoms with Gasteiger partial charge in [0.05, 0.1) is 11.9 Å². The molecule has 1 amide bonds. The van der Waals surface area contributed by atoms with Gasteiger partial charge in [0.1, 0.15) is 35.2 Å². The number of imidazole rings is 1. The molecule has 0 saturated carbocycles. The van der Waals surface area contributed by atoms with E-state index >= 15 is 0 Å². The highest BCUT2D eigenvalue weighted by Gasteiger charge is 2.47. The number of rotatable bonds is 6. The Hall–Kier alpha value is -3.81. The number of ketones is 1. The van der Waals surface area contributed by atoms with Crippen LogP contribution in [0.25, 0.3) is 5.76 Å². The molecule has 1 aromatic carbocycles. The summed E-state index contributed by atoms with van der Waals surface area (Å²) in [6.07, 6.45) is 6.65. The van der Waals surface area contributed by atoms with Gasteiger partial charge in [-0.1, -0.05) is 0 Å². The van der Waals surface area contributed by atoms with Crippen molar-refractivity contribution in [2.45, 2.75) is 45.4 Å². The van der Waals surface area contributed by atoms with Crippen molar-refractivity contribution in [2.75, 3.05) is 6.54 Å². The summed E-state index contributed by atoms with van der Waals surface area (Å²) in [5, 5.41) is 11.2. The predicted octanol–water partition coefficient (Wildman–Crippen LogP) is 3.62. The highest BCUT2D eigenvalue weighted by molar-refractivity contribution is 6.46. The molecule has 5 rings (SSSR count). The first-order valence-corrected chi connectivity index (χ1v) is 11.0. The van der Waals surface area contributed by atoms with Crippen molar-refractivity contribution in [1.29, 1.82) is 0 Å². The topological polar surface area (TPSA) is 97.8 Å². The number of fused-ring (bicyclic) bond motifs is 1. The van der Waals surface area contributed by atoms with E-state index in [1.54, 1.807) is 43.7 Å².